The molecule has 0 unspecified atom stereocenters. The van der Waals surface area contributed by atoms with Crippen LogP contribution in [-0.4, -0.2) is 50.5 Å². The molecule has 2 heterocycles. The number of nitrogens with one attached hydrogen (secondary N) is 2. The molecule has 0 atom stereocenters. The number of carbonyl (C=O) groups excluding carboxylic acids is 3. The second-order valence-corrected chi connectivity index (χ2v) is 7.13. The summed E-state index contributed by atoms with van der Waals surface area (Å²) < 4.78 is 13.8. The molecule has 1 aromatic heterocycles. The van der Waals surface area contributed by atoms with Crippen LogP contribution in [0.15, 0.2) is 47.4 Å². The minimum absolute atomic E-state index is 0.0111. The van der Waals surface area contributed by atoms with Crippen LogP contribution in [0.3, 0.4) is 0 Å². The van der Waals surface area contributed by atoms with Gasteiger partial charge in [0.2, 0.25) is 0 Å². The Labute approximate surface area is 168 Å². The molecule has 0 aliphatic carbocycles. The van der Waals surface area contributed by atoms with Gasteiger partial charge in [-0.1, -0.05) is 18.2 Å². The zero-order chi connectivity index (χ0) is 20.4. The van der Waals surface area contributed by atoms with Crippen LogP contribution in [0.4, 0.5) is 9.18 Å². The van der Waals surface area contributed by atoms with Gasteiger partial charge in [-0.05, 0) is 42.1 Å². The molecule has 1 aliphatic heterocycles. The topological polar surface area (TPSA) is 108 Å². The summed E-state index contributed by atoms with van der Waals surface area (Å²) in [5.41, 5.74) is 1.82. The number of carbonyl (C=O) groups is 3. The Morgan fingerprint density at radius 1 is 1.17 bits per heavy atom. The van der Waals surface area contributed by atoms with Crippen LogP contribution < -0.4 is 5.32 Å². The number of aromatic amines is 1. The van der Waals surface area contributed by atoms with Crippen molar-refractivity contribution in [3.63, 3.8) is 0 Å². The maximum Gasteiger partial charge on any atom is 0.293 e. The first kappa shape index (κ1) is 18.8. The maximum atomic E-state index is 13.8. The van der Waals surface area contributed by atoms with Gasteiger partial charge in [-0.2, -0.15) is 15.4 Å². The molecule has 1 fully saturated rings. The molecule has 0 spiro atoms. The number of amides is 3. The first-order chi connectivity index (χ1) is 14.0. The Hall–Kier alpha value is -3.53. The van der Waals surface area contributed by atoms with E-state index in [1.807, 2.05) is 0 Å². The molecule has 0 radical (unpaired) electrons. The molecule has 10 heteroatoms. The first-order valence-electron chi connectivity index (χ1n) is 8.61. The zero-order valence-corrected chi connectivity index (χ0v) is 15.7. The standard InChI is InChI=1S/C19H14FN5O3S/c20-13-4-2-1-3-11(13)10-16-18(27)25(19(28)29-16)8-7-21-17(26)12-5-6-14-15(9-12)23-24-22-14/h1-6,9-10H,7-8H2,(H,21,26)(H,22,23,24)/b16-10-. The number of imide groups is 1. The molecular formula is C19H14FN5O3S. The van der Waals surface area contributed by atoms with Gasteiger partial charge in [0.25, 0.3) is 17.1 Å². The summed E-state index contributed by atoms with van der Waals surface area (Å²) in [6, 6.07) is 10.9. The fourth-order valence-corrected chi connectivity index (χ4v) is 3.65. The van der Waals surface area contributed by atoms with Crippen molar-refractivity contribution >= 4 is 45.9 Å². The molecular weight excluding hydrogens is 397 g/mol. The molecule has 0 bridgehead atoms. The van der Waals surface area contributed by atoms with Gasteiger partial charge in [0.05, 0.1) is 4.91 Å². The van der Waals surface area contributed by atoms with E-state index in [1.165, 1.54) is 18.2 Å². The number of rotatable bonds is 5. The Morgan fingerprint density at radius 2 is 1.97 bits per heavy atom. The smallest absolute Gasteiger partial charge is 0.293 e. The normalized spacial score (nSPS) is 15.5. The number of benzene rings is 2. The van der Waals surface area contributed by atoms with E-state index in [2.05, 4.69) is 20.7 Å². The summed E-state index contributed by atoms with van der Waals surface area (Å²) in [5.74, 6) is -1.35. The summed E-state index contributed by atoms with van der Waals surface area (Å²) in [6.07, 6.45) is 1.35. The lowest BCUT2D eigenvalue weighted by atomic mass is 10.2. The molecule has 2 N–H and O–H groups in total. The first-order valence-corrected chi connectivity index (χ1v) is 9.43. The van der Waals surface area contributed by atoms with Crippen molar-refractivity contribution in [2.45, 2.75) is 0 Å². The molecule has 8 nitrogen and oxygen atoms in total. The van der Waals surface area contributed by atoms with Gasteiger partial charge in [-0.25, -0.2) is 4.39 Å². The lowest BCUT2D eigenvalue weighted by Crippen LogP contribution is -2.37. The van der Waals surface area contributed by atoms with Crippen molar-refractivity contribution in [2.75, 3.05) is 13.1 Å². The van der Waals surface area contributed by atoms with E-state index in [9.17, 15) is 18.8 Å². The number of nitrogens with zero attached hydrogens (tertiary/aromatic N) is 3. The van der Waals surface area contributed by atoms with Gasteiger partial charge in [0, 0.05) is 24.2 Å². The average molecular weight is 411 g/mol. The SMILES string of the molecule is O=C(NCCN1C(=O)S/C(=C\c2ccccc2F)C1=O)c1ccc2n[nH]nc2c1. The monoisotopic (exact) mass is 411 g/mol. The van der Waals surface area contributed by atoms with Gasteiger partial charge in [0.1, 0.15) is 16.9 Å². The van der Waals surface area contributed by atoms with Crippen LogP contribution >= 0.6 is 11.8 Å². The number of aromatic nitrogens is 3. The molecule has 0 saturated carbocycles. The van der Waals surface area contributed by atoms with Gasteiger partial charge in [0.15, 0.2) is 0 Å². The van der Waals surface area contributed by atoms with E-state index in [0.29, 0.717) is 16.6 Å². The largest absolute Gasteiger partial charge is 0.350 e. The van der Waals surface area contributed by atoms with E-state index < -0.39 is 17.0 Å². The predicted molar refractivity (Wildman–Crippen MR) is 105 cm³/mol. The van der Waals surface area contributed by atoms with E-state index in [4.69, 9.17) is 0 Å². The second-order valence-electron chi connectivity index (χ2n) is 6.14. The molecule has 29 heavy (non-hydrogen) atoms. The van der Waals surface area contributed by atoms with Gasteiger partial charge in [-0.3, -0.25) is 19.3 Å². The van der Waals surface area contributed by atoms with Crippen LogP contribution in [-0.2, 0) is 4.79 Å². The van der Waals surface area contributed by atoms with E-state index in [-0.39, 0.29) is 29.5 Å². The highest BCUT2D eigenvalue weighted by Gasteiger charge is 2.34. The van der Waals surface area contributed by atoms with Crippen molar-refractivity contribution in [1.82, 2.24) is 25.6 Å². The average Bonchev–Trinajstić information content (AvgIpc) is 3.28. The van der Waals surface area contributed by atoms with Crippen molar-refractivity contribution in [3.8, 4) is 0 Å². The summed E-state index contributed by atoms with van der Waals surface area (Å²) >= 11 is 0.743. The predicted octanol–water partition coefficient (Wildman–Crippen LogP) is 2.56. The number of hydrogen-bond donors (Lipinski definition) is 2. The van der Waals surface area contributed by atoms with Crippen molar-refractivity contribution in [3.05, 3.63) is 64.3 Å². The van der Waals surface area contributed by atoms with E-state index in [1.54, 1.807) is 30.3 Å². The number of hydrogen-bond acceptors (Lipinski definition) is 6. The Kier molecular flexibility index (Phi) is 5.09. The maximum absolute atomic E-state index is 13.8. The fourth-order valence-electron chi connectivity index (χ4n) is 2.79. The highest BCUT2D eigenvalue weighted by atomic mass is 32.2. The van der Waals surface area contributed by atoms with Crippen LogP contribution in [0, 0.1) is 5.82 Å². The quantitative estimate of drug-likeness (QED) is 0.625. The molecule has 146 valence electrons. The molecule has 2 aromatic carbocycles. The Balaban J connectivity index is 1.38. The summed E-state index contributed by atoms with van der Waals surface area (Å²) in [7, 11) is 0. The highest BCUT2D eigenvalue weighted by Crippen LogP contribution is 2.32. The minimum atomic E-state index is -0.512. The van der Waals surface area contributed by atoms with Crippen molar-refractivity contribution < 1.29 is 18.8 Å². The highest BCUT2D eigenvalue weighted by molar-refractivity contribution is 8.18. The zero-order valence-electron chi connectivity index (χ0n) is 14.9. The van der Waals surface area contributed by atoms with E-state index in [0.717, 1.165) is 16.7 Å². The van der Waals surface area contributed by atoms with Crippen molar-refractivity contribution in [1.29, 1.82) is 0 Å². The summed E-state index contributed by atoms with van der Waals surface area (Å²) in [4.78, 5) is 38.0. The van der Waals surface area contributed by atoms with Crippen LogP contribution in [0.5, 0.6) is 0 Å². The van der Waals surface area contributed by atoms with Gasteiger partial charge < -0.3 is 5.32 Å². The minimum Gasteiger partial charge on any atom is -0.350 e. The second kappa shape index (κ2) is 7.84. The third-order valence-electron chi connectivity index (χ3n) is 4.26. The Bertz CT molecular complexity index is 1160. The van der Waals surface area contributed by atoms with Gasteiger partial charge in [-0.15, -0.1) is 0 Å². The molecule has 3 amide bonds. The molecule has 4 rings (SSSR count). The summed E-state index contributed by atoms with van der Waals surface area (Å²) in [5, 5.41) is 12.5. The lowest BCUT2D eigenvalue weighted by Gasteiger charge is -2.13. The summed E-state index contributed by atoms with van der Waals surface area (Å²) in [6.45, 7) is 0.0952. The number of thioether (sulfide) groups is 1. The number of fused-ring (bicyclic) bond motifs is 1. The number of halogens is 1. The van der Waals surface area contributed by atoms with Crippen LogP contribution in [0.25, 0.3) is 17.1 Å². The third kappa shape index (κ3) is 3.87. The molecule has 3 aromatic rings. The van der Waals surface area contributed by atoms with Crippen LogP contribution in [0.2, 0.25) is 0 Å². The van der Waals surface area contributed by atoms with Gasteiger partial charge >= 0.3 is 0 Å². The Morgan fingerprint density at radius 3 is 2.79 bits per heavy atom. The third-order valence-corrected chi connectivity index (χ3v) is 5.17. The van der Waals surface area contributed by atoms with Crippen molar-refractivity contribution in [2.24, 2.45) is 0 Å². The molecule has 1 saturated heterocycles. The van der Waals surface area contributed by atoms with Crippen LogP contribution in [0.1, 0.15) is 15.9 Å². The van der Waals surface area contributed by atoms with E-state index >= 15 is 0 Å². The number of H-pyrrole nitrogens is 1. The lowest BCUT2D eigenvalue weighted by molar-refractivity contribution is -0.122. The molecule has 1 aliphatic rings. The fraction of sp³-hybridized carbons (Fsp3) is 0.105.